The third kappa shape index (κ3) is 2.41. The van der Waals surface area contributed by atoms with Gasteiger partial charge in [-0.15, -0.1) is 0 Å². The van der Waals surface area contributed by atoms with Crippen molar-refractivity contribution in [3.63, 3.8) is 0 Å². The molecule has 2 fully saturated rings. The summed E-state index contributed by atoms with van der Waals surface area (Å²) in [6.45, 7) is 1.94. The lowest BCUT2D eigenvalue weighted by molar-refractivity contribution is 0.214. The van der Waals surface area contributed by atoms with E-state index in [0.717, 1.165) is 19.5 Å². The van der Waals surface area contributed by atoms with Crippen molar-refractivity contribution in [2.75, 3.05) is 18.4 Å². The van der Waals surface area contributed by atoms with Gasteiger partial charge >= 0.3 is 0 Å². The minimum absolute atomic E-state index is 0.253. The standard InChI is InChI=1S/C11H16N4O/c1-2-8(1)14-11-13-6-4-10(15-11)16-9-3-5-12-7-9/h4,6,8-9,12H,1-3,5,7H2,(H,13,14,15)/t9-/m0/s1. The number of rotatable bonds is 4. The molecule has 16 heavy (non-hydrogen) atoms. The van der Waals surface area contributed by atoms with Crippen LogP contribution in [0.3, 0.4) is 0 Å². The molecule has 0 spiro atoms. The lowest BCUT2D eigenvalue weighted by Crippen LogP contribution is -2.20. The van der Waals surface area contributed by atoms with Crippen LogP contribution in [0.15, 0.2) is 12.3 Å². The van der Waals surface area contributed by atoms with E-state index in [1.54, 1.807) is 6.20 Å². The Kier molecular flexibility index (Phi) is 2.61. The van der Waals surface area contributed by atoms with E-state index in [4.69, 9.17) is 4.74 Å². The van der Waals surface area contributed by atoms with Crippen molar-refractivity contribution in [2.45, 2.75) is 31.4 Å². The van der Waals surface area contributed by atoms with E-state index < -0.39 is 0 Å². The maximum absolute atomic E-state index is 5.76. The van der Waals surface area contributed by atoms with E-state index in [9.17, 15) is 0 Å². The normalized spacial score (nSPS) is 24.4. The predicted molar refractivity (Wildman–Crippen MR) is 60.6 cm³/mol. The Bertz CT molecular complexity index is 361. The van der Waals surface area contributed by atoms with Gasteiger partial charge in [0.1, 0.15) is 6.10 Å². The van der Waals surface area contributed by atoms with E-state index >= 15 is 0 Å². The van der Waals surface area contributed by atoms with Crippen LogP contribution in [0.1, 0.15) is 19.3 Å². The monoisotopic (exact) mass is 220 g/mol. The fourth-order valence-electron chi connectivity index (χ4n) is 1.79. The second-order valence-corrected chi connectivity index (χ2v) is 4.37. The Hall–Kier alpha value is -1.36. The molecule has 1 aromatic rings. The largest absolute Gasteiger partial charge is 0.473 e. The summed E-state index contributed by atoms with van der Waals surface area (Å²) in [7, 11) is 0. The number of aromatic nitrogens is 2. The van der Waals surface area contributed by atoms with Crippen molar-refractivity contribution in [3.8, 4) is 5.88 Å². The third-order valence-electron chi connectivity index (χ3n) is 2.84. The Morgan fingerprint density at radius 2 is 2.31 bits per heavy atom. The number of ether oxygens (including phenoxy) is 1. The third-order valence-corrected chi connectivity index (χ3v) is 2.84. The van der Waals surface area contributed by atoms with Gasteiger partial charge in [0.15, 0.2) is 0 Å². The quantitative estimate of drug-likeness (QED) is 0.785. The molecule has 1 aromatic heterocycles. The average molecular weight is 220 g/mol. The maximum Gasteiger partial charge on any atom is 0.226 e. The molecule has 2 heterocycles. The Morgan fingerprint density at radius 1 is 1.38 bits per heavy atom. The number of anilines is 1. The van der Waals surface area contributed by atoms with Gasteiger partial charge in [-0.2, -0.15) is 4.98 Å². The first kappa shape index (κ1) is 9.84. The minimum Gasteiger partial charge on any atom is -0.473 e. The van der Waals surface area contributed by atoms with E-state index in [2.05, 4.69) is 20.6 Å². The van der Waals surface area contributed by atoms with Crippen molar-refractivity contribution in [3.05, 3.63) is 12.3 Å². The Morgan fingerprint density at radius 3 is 3.06 bits per heavy atom. The molecule has 0 bridgehead atoms. The first-order valence-electron chi connectivity index (χ1n) is 5.87. The molecule has 1 aliphatic heterocycles. The van der Waals surface area contributed by atoms with E-state index in [0.29, 0.717) is 17.9 Å². The van der Waals surface area contributed by atoms with Crippen LogP contribution in [-0.2, 0) is 0 Å². The second kappa shape index (κ2) is 4.25. The van der Waals surface area contributed by atoms with Crippen molar-refractivity contribution in [2.24, 2.45) is 0 Å². The van der Waals surface area contributed by atoms with Crippen molar-refractivity contribution < 1.29 is 4.74 Å². The summed E-state index contributed by atoms with van der Waals surface area (Å²) in [6, 6.07) is 2.39. The summed E-state index contributed by atoms with van der Waals surface area (Å²) in [5.41, 5.74) is 0. The van der Waals surface area contributed by atoms with Gasteiger partial charge < -0.3 is 15.4 Å². The summed E-state index contributed by atoms with van der Waals surface area (Å²) in [6.07, 6.45) is 5.50. The zero-order valence-corrected chi connectivity index (χ0v) is 9.15. The van der Waals surface area contributed by atoms with Crippen LogP contribution in [0.4, 0.5) is 5.95 Å². The highest BCUT2D eigenvalue weighted by Crippen LogP contribution is 2.23. The van der Waals surface area contributed by atoms with E-state index in [1.165, 1.54) is 12.8 Å². The van der Waals surface area contributed by atoms with E-state index in [1.807, 2.05) is 6.07 Å². The molecule has 1 aliphatic carbocycles. The number of nitrogens with one attached hydrogen (secondary N) is 2. The summed E-state index contributed by atoms with van der Waals surface area (Å²) >= 11 is 0. The lowest BCUT2D eigenvalue weighted by atomic mass is 10.3. The molecular weight excluding hydrogens is 204 g/mol. The van der Waals surface area contributed by atoms with Crippen LogP contribution in [0, 0.1) is 0 Å². The summed E-state index contributed by atoms with van der Waals surface area (Å²) in [5, 5.41) is 6.53. The highest BCUT2D eigenvalue weighted by Gasteiger charge is 2.22. The van der Waals surface area contributed by atoms with Gasteiger partial charge in [0.05, 0.1) is 0 Å². The predicted octanol–water partition coefficient (Wildman–Crippen LogP) is 0.792. The van der Waals surface area contributed by atoms with Gasteiger partial charge in [-0.05, 0) is 25.8 Å². The second-order valence-electron chi connectivity index (χ2n) is 4.37. The van der Waals surface area contributed by atoms with Crippen LogP contribution in [0.5, 0.6) is 5.88 Å². The van der Waals surface area contributed by atoms with E-state index in [-0.39, 0.29) is 6.10 Å². The van der Waals surface area contributed by atoms with Crippen molar-refractivity contribution in [1.29, 1.82) is 0 Å². The van der Waals surface area contributed by atoms with Crippen molar-refractivity contribution >= 4 is 5.95 Å². The van der Waals surface area contributed by atoms with Crippen LogP contribution in [0.2, 0.25) is 0 Å². The number of hydrogen-bond donors (Lipinski definition) is 2. The molecule has 3 rings (SSSR count). The lowest BCUT2D eigenvalue weighted by Gasteiger charge is -2.11. The van der Waals surface area contributed by atoms with Gasteiger partial charge in [0.25, 0.3) is 0 Å². The first-order valence-corrected chi connectivity index (χ1v) is 5.87. The molecular formula is C11H16N4O. The molecule has 86 valence electrons. The summed E-state index contributed by atoms with van der Waals surface area (Å²) in [5.74, 6) is 1.36. The Labute approximate surface area is 94.6 Å². The molecule has 0 amide bonds. The van der Waals surface area contributed by atoms with Crippen molar-refractivity contribution in [1.82, 2.24) is 15.3 Å². The molecule has 5 heteroatoms. The first-order chi connectivity index (χ1) is 7.90. The molecule has 0 unspecified atom stereocenters. The summed E-state index contributed by atoms with van der Waals surface area (Å²) < 4.78 is 5.76. The molecule has 1 saturated carbocycles. The minimum atomic E-state index is 0.253. The molecule has 1 atom stereocenters. The van der Waals surface area contributed by atoms with Crippen LogP contribution >= 0.6 is 0 Å². The Balaban J connectivity index is 1.63. The highest BCUT2D eigenvalue weighted by atomic mass is 16.5. The van der Waals surface area contributed by atoms with Crippen LogP contribution in [-0.4, -0.2) is 35.2 Å². The fraction of sp³-hybridized carbons (Fsp3) is 0.636. The zero-order chi connectivity index (χ0) is 10.8. The molecule has 0 aromatic carbocycles. The van der Waals surface area contributed by atoms with Crippen LogP contribution < -0.4 is 15.4 Å². The molecule has 1 saturated heterocycles. The SMILES string of the molecule is c1cc(O[C@H]2CCNC2)nc(NC2CC2)n1. The molecule has 2 N–H and O–H groups in total. The number of hydrogen-bond acceptors (Lipinski definition) is 5. The van der Waals surface area contributed by atoms with Gasteiger partial charge in [-0.1, -0.05) is 0 Å². The van der Waals surface area contributed by atoms with Gasteiger partial charge in [-0.3, -0.25) is 0 Å². The maximum atomic E-state index is 5.76. The topological polar surface area (TPSA) is 59.1 Å². The highest BCUT2D eigenvalue weighted by molar-refractivity contribution is 5.30. The molecule has 2 aliphatic rings. The van der Waals surface area contributed by atoms with Crippen LogP contribution in [0.25, 0.3) is 0 Å². The van der Waals surface area contributed by atoms with Gasteiger partial charge in [-0.25, -0.2) is 4.98 Å². The summed E-state index contributed by atoms with van der Waals surface area (Å²) in [4.78, 5) is 8.52. The number of nitrogens with zero attached hydrogens (tertiary/aromatic N) is 2. The molecule has 5 nitrogen and oxygen atoms in total. The van der Waals surface area contributed by atoms with Gasteiger partial charge in [0, 0.05) is 24.8 Å². The molecule has 0 radical (unpaired) electrons. The zero-order valence-electron chi connectivity index (χ0n) is 9.15. The average Bonchev–Trinajstić information content (AvgIpc) is 2.94. The fourth-order valence-corrected chi connectivity index (χ4v) is 1.79. The smallest absolute Gasteiger partial charge is 0.226 e. The van der Waals surface area contributed by atoms with Gasteiger partial charge in [0.2, 0.25) is 11.8 Å².